The first-order chi connectivity index (χ1) is 9.35. The molecule has 0 bridgehead atoms. The Morgan fingerprint density at radius 2 is 2.10 bits per heavy atom. The fraction of sp³-hybridized carbons (Fsp3) is 0.583. The van der Waals surface area contributed by atoms with Crippen LogP contribution in [0.2, 0.25) is 0 Å². The van der Waals surface area contributed by atoms with E-state index in [4.69, 9.17) is 9.15 Å². The topological polar surface area (TPSA) is 88.9 Å². The van der Waals surface area contributed by atoms with Crippen LogP contribution in [0.15, 0.2) is 21.6 Å². The molecule has 0 radical (unpaired) electrons. The molecule has 1 amide bonds. The van der Waals surface area contributed by atoms with E-state index in [0.717, 1.165) is 0 Å². The fourth-order valence-electron chi connectivity index (χ4n) is 2.01. The Kier molecular flexibility index (Phi) is 4.17. The lowest BCUT2D eigenvalue weighted by Crippen LogP contribution is -2.50. The van der Waals surface area contributed by atoms with Gasteiger partial charge in [-0.1, -0.05) is 0 Å². The van der Waals surface area contributed by atoms with Crippen LogP contribution < -0.4 is 4.72 Å². The van der Waals surface area contributed by atoms with Crippen molar-refractivity contribution >= 4 is 15.9 Å². The van der Waals surface area contributed by atoms with Crippen LogP contribution in [0.25, 0.3) is 0 Å². The Morgan fingerprint density at radius 3 is 2.75 bits per heavy atom. The van der Waals surface area contributed by atoms with Crippen molar-refractivity contribution in [2.75, 3.05) is 20.2 Å². The SMILES string of the molecule is CNS(=O)(=O)c1ccc(C(=O)N2CC(C)OCC2C)o1. The monoisotopic (exact) mass is 302 g/mol. The van der Waals surface area contributed by atoms with Crippen molar-refractivity contribution in [3.8, 4) is 0 Å². The molecule has 0 aromatic carbocycles. The molecule has 1 aliphatic rings. The van der Waals surface area contributed by atoms with E-state index in [1.165, 1.54) is 19.2 Å². The van der Waals surface area contributed by atoms with E-state index in [-0.39, 0.29) is 28.9 Å². The molecule has 8 heteroatoms. The van der Waals surface area contributed by atoms with Crippen molar-refractivity contribution in [1.82, 2.24) is 9.62 Å². The number of amides is 1. The number of morpholine rings is 1. The molecule has 1 aromatic heterocycles. The summed E-state index contributed by atoms with van der Waals surface area (Å²) < 4.78 is 35.9. The Bertz CT molecular complexity index is 595. The van der Waals surface area contributed by atoms with Crippen molar-refractivity contribution in [3.05, 3.63) is 17.9 Å². The van der Waals surface area contributed by atoms with Gasteiger partial charge in [-0.3, -0.25) is 4.79 Å². The highest BCUT2D eigenvalue weighted by atomic mass is 32.2. The van der Waals surface area contributed by atoms with Gasteiger partial charge in [0.25, 0.3) is 15.9 Å². The Balaban J connectivity index is 2.21. The molecule has 1 aromatic rings. The highest BCUT2D eigenvalue weighted by molar-refractivity contribution is 7.89. The third-order valence-corrected chi connectivity index (χ3v) is 4.48. The highest BCUT2D eigenvalue weighted by Gasteiger charge is 2.30. The van der Waals surface area contributed by atoms with Gasteiger partial charge in [-0.25, -0.2) is 13.1 Å². The molecule has 0 aliphatic carbocycles. The quantitative estimate of drug-likeness (QED) is 0.875. The fourth-order valence-corrected chi connectivity index (χ4v) is 2.66. The zero-order chi connectivity index (χ0) is 14.9. The summed E-state index contributed by atoms with van der Waals surface area (Å²) in [6.07, 6.45) is -0.0503. The summed E-state index contributed by atoms with van der Waals surface area (Å²) in [7, 11) is -2.40. The minimum atomic E-state index is -3.68. The molecule has 20 heavy (non-hydrogen) atoms. The largest absolute Gasteiger partial charge is 0.438 e. The molecule has 112 valence electrons. The maximum Gasteiger partial charge on any atom is 0.290 e. The number of ether oxygens (including phenoxy) is 1. The number of carbonyl (C=O) groups excluding carboxylic acids is 1. The second kappa shape index (κ2) is 5.55. The van der Waals surface area contributed by atoms with Gasteiger partial charge in [0.15, 0.2) is 5.76 Å². The third-order valence-electron chi connectivity index (χ3n) is 3.19. The number of nitrogens with zero attached hydrogens (tertiary/aromatic N) is 1. The zero-order valence-electron chi connectivity index (χ0n) is 11.6. The molecule has 0 spiro atoms. The van der Waals surface area contributed by atoms with Crippen LogP contribution in [0.1, 0.15) is 24.4 Å². The standard InChI is InChI=1S/C12H18N2O5S/c1-8-7-18-9(2)6-14(8)12(15)10-4-5-11(19-10)20(16,17)13-3/h4-5,8-9,13H,6-7H2,1-3H3. The first-order valence-corrected chi connectivity index (χ1v) is 7.79. The molecule has 1 saturated heterocycles. The molecular formula is C12H18N2O5S. The first kappa shape index (κ1) is 15.0. The van der Waals surface area contributed by atoms with Crippen LogP contribution in [-0.2, 0) is 14.8 Å². The normalized spacial score (nSPS) is 23.9. The summed E-state index contributed by atoms with van der Waals surface area (Å²) in [6.45, 7) is 4.66. The Hall–Kier alpha value is -1.38. The number of hydrogen-bond acceptors (Lipinski definition) is 5. The number of sulfonamides is 1. The van der Waals surface area contributed by atoms with Crippen LogP contribution >= 0.6 is 0 Å². The number of hydrogen-bond donors (Lipinski definition) is 1. The van der Waals surface area contributed by atoms with Gasteiger partial charge in [0.1, 0.15) is 0 Å². The summed E-state index contributed by atoms with van der Waals surface area (Å²) in [5, 5.41) is -0.266. The van der Waals surface area contributed by atoms with E-state index in [2.05, 4.69) is 4.72 Å². The number of carbonyl (C=O) groups is 1. The van der Waals surface area contributed by atoms with Gasteiger partial charge in [0.2, 0.25) is 5.09 Å². The lowest BCUT2D eigenvalue weighted by Gasteiger charge is -2.36. The Labute approximate surface area is 117 Å². The van der Waals surface area contributed by atoms with Crippen molar-refractivity contribution in [1.29, 1.82) is 0 Å². The summed E-state index contributed by atoms with van der Waals surface area (Å²) in [5.41, 5.74) is 0. The Morgan fingerprint density at radius 1 is 1.40 bits per heavy atom. The predicted octanol–water partition coefficient (Wildman–Crippen LogP) is 0.437. The second-order valence-electron chi connectivity index (χ2n) is 4.78. The number of furan rings is 1. The van der Waals surface area contributed by atoms with E-state index >= 15 is 0 Å². The van der Waals surface area contributed by atoms with E-state index in [1.807, 2.05) is 13.8 Å². The average molecular weight is 302 g/mol. The van der Waals surface area contributed by atoms with Gasteiger partial charge in [-0.15, -0.1) is 0 Å². The predicted molar refractivity (Wildman–Crippen MR) is 70.9 cm³/mol. The van der Waals surface area contributed by atoms with Crippen molar-refractivity contribution < 1.29 is 22.4 Å². The maximum absolute atomic E-state index is 12.3. The third kappa shape index (κ3) is 2.87. The van der Waals surface area contributed by atoms with Crippen LogP contribution in [0, 0.1) is 0 Å². The molecule has 1 aliphatic heterocycles. The van der Waals surface area contributed by atoms with Crippen LogP contribution in [0.5, 0.6) is 0 Å². The molecular weight excluding hydrogens is 284 g/mol. The van der Waals surface area contributed by atoms with Crippen molar-refractivity contribution in [2.24, 2.45) is 0 Å². The molecule has 1 N–H and O–H groups in total. The van der Waals surface area contributed by atoms with Gasteiger partial charge >= 0.3 is 0 Å². The van der Waals surface area contributed by atoms with Gasteiger partial charge in [0.05, 0.1) is 18.8 Å². The van der Waals surface area contributed by atoms with E-state index in [9.17, 15) is 13.2 Å². The van der Waals surface area contributed by atoms with Crippen LogP contribution in [-0.4, -0.2) is 51.6 Å². The lowest BCUT2D eigenvalue weighted by atomic mass is 10.2. The first-order valence-electron chi connectivity index (χ1n) is 6.31. The molecule has 2 unspecified atom stereocenters. The molecule has 2 atom stereocenters. The summed E-state index contributed by atoms with van der Waals surface area (Å²) >= 11 is 0. The maximum atomic E-state index is 12.3. The summed E-state index contributed by atoms with van der Waals surface area (Å²) in [6, 6.07) is 2.57. The molecule has 7 nitrogen and oxygen atoms in total. The van der Waals surface area contributed by atoms with Gasteiger partial charge in [0, 0.05) is 6.54 Å². The van der Waals surface area contributed by atoms with E-state index in [0.29, 0.717) is 13.2 Å². The minimum Gasteiger partial charge on any atom is -0.438 e. The molecule has 2 heterocycles. The lowest BCUT2D eigenvalue weighted by molar-refractivity contribution is -0.0397. The molecule has 2 rings (SSSR count). The smallest absolute Gasteiger partial charge is 0.290 e. The number of rotatable bonds is 3. The van der Waals surface area contributed by atoms with Crippen molar-refractivity contribution in [3.63, 3.8) is 0 Å². The van der Waals surface area contributed by atoms with Crippen LogP contribution in [0.3, 0.4) is 0 Å². The van der Waals surface area contributed by atoms with Gasteiger partial charge in [-0.05, 0) is 33.0 Å². The average Bonchev–Trinajstić information content (AvgIpc) is 2.91. The highest BCUT2D eigenvalue weighted by Crippen LogP contribution is 2.19. The summed E-state index contributed by atoms with van der Waals surface area (Å²) in [4.78, 5) is 14.0. The van der Waals surface area contributed by atoms with E-state index < -0.39 is 10.0 Å². The van der Waals surface area contributed by atoms with Gasteiger partial charge in [-0.2, -0.15) is 0 Å². The van der Waals surface area contributed by atoms with Crippen LogP contribution in [0.4, 0.5) is 0 Å². The summed E-state index contributed by atoms with van der Waals surface area (Å²) in [5.74, 6) is -0.315. The number of nitrogens with one attached hydrogen (secondary N) is 1. The van der Waals surface area contributed by atoms with Crippen molar-refractivity contribution in [2.45, 2.75) is 31.1 Å². The zero-order valence-corrected chi connectivity index (χ0v) is 12.4. The second-order valence-corrected chi connectivity index (χ2v) is 6.59. The molecule has 0 saturated carbocycles. The minimum absolute atomic E-state index is 0.0137. The van der Waals surface area contributed by atoms with E-state index in [1.54, 1.807) is 4.90 Å². The molecule has 1 fully saturated rings. The van der Waals surface area contributed by atoms with Gasteiger partial charge < -0.3 is 14.1 Å².